The van der Waals surface area contributed by atoms with Gasteiger partial charge >= 0.3 is 11.9 Å². The van der Waals surface area contributed by atoms with Crippen molar-refractivity contribution in [2.24, 2.45) is 0 Å². The number of H-pyrrole nitrogens is 1. The Morgan fingerprint density at radius 3 is 2.86 bits per heavy atom. The molecule has 0 fully saturated rings. The van der Waals surface area contributed by atoms with Gasteiger partial charge in [-0.05, 0) is 0 Å². The molecular weight excluding hydrogens is 311 g/mol. The Hall–Kier alpha value is -2.17. The lowest BCUT2D eigenvalue weighted by Crippen LogP contribution is -2.41. The summed E-state index contributed by atoms with van der Waals surface area (Å²) in [5, 5.41) is 5.97. The Labute approximate surface area is 119 Å². The number of halogens is 3. The molecule has 0 atom stereocenters. The van der Waals surface area contributed by atoms with E-state index in [-0.39, 0.29) is 19.6 Å². The summed E-state index contributed by atoms with van der Waals surface area (Å²) in [6.45, 7) is 0.272. The van der Waals surface area contributed by atoms with Gasteiger partial charge in [0.25, 0.3) is 5.91 Å². The van der Waals surface area contributed by atoms with Crippen LogP contribution in [0.25, 0.3) is 0 Å². The molecule has 11 heteroatoms. The third-order valence-electron chi connectivity index (χ3n) is 3.08. The molecule has 0 radical (unpaired) electrons. The standard InChI is InChI=1S/C10H8F3N5O2S/c11-10(12,13)7-6(14-4-21-7)8(19)17-1-2-18-5(3-17)15-16-9(18)20/h4H,1-3H2,(H,16,20). The lowest BCUT2D eigenvalue weighted by molar-refractivity contribution is -0.134. The van der Waals surface area contributed by atoms with E-state index in [2.05, 4.69) is 15.2 Å². The number of aromatic nitrogens is 4. The summed E-state index contributed by atoms with van der Waals surface area (Å²) in [5.74, 6) is -0.506. The fourth-order valence-electron chi connectivity index (χ4n) is 2.09. The number of nitrogens with one attached hydrogen (secondary N) is 1. The van der Waals surface area contributed by atoms with Gasteiger partial charge in [0.05, 0.1) is 12.1 Å². The zero-order valence-corrected chi connectivity index (χ0v) is 11.2. The van der Waals surface area contributed by atoms with Crippen molar-refractivity contribution in [2.75, 3.05) is 6.54 Å². The average Bonchev–Trinajstić information content (AvgIpc) is 3.04. The molecule has 0 aromatic carbocycles. The largest absolute Gasteiger partial charge is 0.427 e. The minimum Gasteiger partial charge on any atom is -0.328 e. The monoisotopic (exact) mass is 319 g/mol. The lowest BCUT2D eigenvalue weighted by atomic mass is 10.2. The number of carbonyl (C=O) groups excluding carboxylic acids is 1. The van der Waals surface area contributed by atoms with Gasteiger partial charge in [0, 0.05) is 13.1 Å². The van der Waals surface area contributed by atoms with Gasteiger partial charge in [-0.1, -0.05) is 0 Å². The summed E-state index contributed by atoms with van der Waals surface area (Å²) in [5.41, 5.74) is -0.0228. The molecule has 1 aliphatic rings. The normalized spacial score (nSPS) is 15.1. The minimum atomic E-state index is -4.61. The predicted octanol–water partition coefficient (Wildman–Crippen LogP) is 0.703. The highest BCUT2D eigenvalue weighted by atomic mass is 32.1. The van der Waals surface area contributed by atoms with Crippen molar-refractivity contribution in [3.05, 3.63) is 32.4 Å². The molecule has 1 aliphatic heterocycles. The molecule has 0 saturated heterocycles. The number of rotatable bonds is 1. The Kier molecular flexibility index (Phi) is 3.08. The topological polar surface area (TPSA) is 83.9 Å². The zero-order chi connectivity index (χ0) is 15.2. The molecule has 0 aliphatic carbocycles. The van der Waals surface area contributed by atoms with E-state index in [0.717, 1.165) is 5.51 Å². The van der Waals surface area contributed by atoms with Crippen LogP contribution in [0.4, 0.5) is 13.2 Å². The van der Waals surface area contributed by atoms with Crippen molar-refractivity contribution in [3.8, 4) is 0 Å². The maximum absolute atomic E-state index is 12.8. The fraction of sp³-hybridized carbons (Fsp3) is 0.400. The molecule has 2 aromatic heterocycles. The molecule has 3 rings (SSSR count). The van der Waals surface area contributed by atoms with E-state index < -0.39 is 28.3 Å². The van der Waals surface area contributed by atoms with Crippen molar-refractivity contribution in [1.82, 2.24) is 24.6 Å². The van der Waals surface area contributed by atoms with E-state index in [1.807, 2.05) is 0 Å². The summed E-state index contributed by atoms with van der Waals surface area (Å²) >= 11 is 0.378. The molecule has 3 heterocycles. The zero-order valence-electron chi connectivity index (χ0n) is 10.3. The molecule has 7 nitrogen and oxygen atoms in total. The van der Waals surface area contributed by atoms with Crippen LogP contribution in [0.1, 0.15) is 21.2 Å². The molecule has 0 spiro atoms. The van der Waals surface area contributed by atoms with Crippen molar-refractivity contribution in [1.29, 1.82) is 0 Å². The SMILES string of the molecule is O=C(c1ncsc1C(F)(F)F)N1CCn2c(n[nH]c2=O)C1. The third kappa shape index (κ3) is 2.33. The molecule has 1 N–H and O–H groups in total. The van der Waals surface area contributed by atoms with Crippen molar-refractivity contribution in [3.63, 3.8) is 0 Å². The molecule has 21 heavy (non-hydrogen) atoms. The van der Waals surface area contributed by atoms with Gasteiger partial charge in [-0.15, -0.1) is 11.3 Å². The number of carbonyl (C=O) groups is 1. The maximum Gasteiger partial charge on any atom is 0.427 e. The highest BCUT2D eigenvalue weighted by Crippen LogP contribution is 2.35. The fourth-order valence-corrected chi connectivity index (χ4v) is 2.74. The van der Waals surface area contributed by atoms with Crippen LogP contribution in [0, 0.1) is 0 Å². The van der Waals surface area contributed by atoms with Gasteiger partial charge in [-0.25, -0.2) is 14.9 Å². The van der Waals surface area contributed by atoms with Gasteiger partial charge < -0.3 is 4.90 Å². The van der Waals surface area contributed by atoms with Crippen LogP contribution >= 0.6 is 11.3 Å². The van der Waals surface area contributed by atoms with Gasteiger partial charge in [-0.3, -0.25) is 9.36 Å². The summed E-state index contributed by atoms with van der Waals surface area (Å²) in [7, 11) is 0. The van der Waals surface area contributed by atoms with Crippen LogP contribution in [-0.2, 0) is 19.3 Å². The first-order valence-corrected chi connectivity index (χ1v) is 6.70. The van der Waals surface area contributed by atoms with Gasteiger partial charge in [0.1, 0.15) is 4.88 Å². The average molecular weight is 319 g/mol. The number of hydrogen-bond acceptors (Lipinski definition) is 5. The van der Waals surface area contributed by atoms with E-state index in [9.17, 15) is 22.8 Å². The first-order valence-electron chi connectivity index (χ1n) is 5.82. The predicted molar refractivity (Wildman–Crippen MR) is 64.7 cm³/mol. The van der Waals surface area contributed by atoms with Gasteiger partial charge in [-0.2, -0.15) is 18.3 Å². The Bertz CT molecular complexity index is 746. The molecular formula is C10H8F3N5O2S. The Balaban J connectivity index is 1.88. The second-order valence-electron chi connectivity index (χ2n) is 4.35. The summed E-state index contributed by atoms with van der Waals surface area (Å²) in [6, 6.07) is 0. The number of hydrogen-bond donors (Lipinski definition) is 1. The second-order valence-corrected chi connectivity index (χ2v) is 5.21. The summed E-state index contributed by atoms with van der Waals surface area (Å²) in [6.07, 6.45) is -4.61. The molecule has 0 saturated carbocycles. The van der Waals surface area contributed by atoms with Crippen LogP contribution < -0.4 is 5.69 Å². The van der Waals surface area contributed by atoms with Crippen LogP contribution in [0.3, 0.4) is 0 Å². The first-order chi connectivity index (χ1) is 9.88. The third-order valence-corrected chi connectivity index (χ3v) is 3.95. The number of nitrogens with zero attached hydrogens (tertiary/aromatic N) is 4. The Morgan fingerprint density at radius 2 is 2.14 bits per heavy atom. The molecule has 112 valence electrons. The highest BCUT2D eigenvalue weighted by molar-refractivity contribution is 7.10. The van der Waals surface area contributed by atoms with E-state index in [1.54, 1.807) is 0 Å². The molecule has 0 unspecified atom stereocenters. The maximum atomic E-state index is 12.8. The number of thiazole rings is 1. The number of amides is 1. The van der Waals surface area contributed by atoms with Crippen LogP contribution in [0.5, 0.6) is 0 Å². The van der Waals surface area contributed by atoms with Crippen LogP contribution in [0.2, 0.25) is 0 Å². The van der Waals surface area contributed by atoms with Gasteiger partial charge in [0.15, 0.2) is 11.5 Å². The summed E-state index contributed by atoms with van der Waals surface area (Å²) < 4.78 is 39.7. The van der Waals surface area contributed by atoms with E-state index in [0.29, 0.717) is 17.2 Å². The van der Waals surface area contributed by atoms with E-state index in [1.165, 1.54) is 9.47 Å². The van der Waals surface area contributed by atoms with E-state index >= 15 is 0 Å². The van der Waals surface area contributed by atoms with Gasteiger partial charge in [0.2, 0.25) is 0 Å². The Morgan fingerprint density at radius 1 is 1.38 bits per heavy atom. The quantitative estimate of drug-likeness (QED) is 0.839. The second kappa shape index (κ2) is 4.69. The first kappa shape index (κ1) is 13.8. The minimum absolute atomic E-state index is 0.0353. The van der Waals surface area contributed by atoms with Crippen LogP contribution in [0.15, 0.2) is 10.3 Å². The van der Waals surface area contributed by atoms with E-state index in [4.69, 9.17) is 0 Å². The highest BCUT2D eigenvalue weighted by Gasteiger charge is 2.39. The molecule has 0 bridgehead atoms. The van der Waals surface area contributed by atoms with Crippen LogP contribution in [-0.4, -0.2) is 37.1 Å². The van der Waals surface area contributed by atoms with Crippen molar-refractivity contribution in [2.45, 2.75) is 19.3 Å². The van der Waals surface area contributed by atoms with Crippen molar-refractivity contribution < 1.29 is 18.0 Å². The molecule has 2 aromatic rings. The lowest BCUT2D eigenvalue weighted by Gasteiger charge is -2.26. The number of alkyl halides is 3. The molecule has 1 amide bonds. The van der Waals surface area contributed by atoms with Crippen molar-refractivity contribution >= 4 is 17.2 Å². The summed E-state index contributed by atoms with van der Waals surface area (Å²) in [4.78, 5) is 27.2. The number of aromatic amines is 1. The number of fused-ring (bicyclic) bond motifs is 1. The smallest absolute Gasteiger partial charge is 0.328 e.